The van der Waals surface area contributed by atoms with E-state index in [0.717, 1.165) is 33.8 Å². The maximum Gasteiger partial charge on any atom is 0.224 e. The Hall–Kier alpha value is -3.47. The van der Waals surface area contributed by atoms with Gasteiger partial charge < -0.3 is 9.72 Å². The quantitative estimate of drug-likeness (QED) is 0.534. The number of amides is 1. The molecule has 4 nitrogen and oxygen atoms in total. The highest BCUT2D eigenvalue weighted by atomic mass is 19.1. The van der Waals surface area contributed by atoms with Crippen molar-refractivity contribution >= 4 is 17.2 Å². The molecule has 5 heteroatoms. The number of pyridine rings is 1. The van der Waals surface area contributed by atoms with Gasteiger partial charge in [0.1, 0.15) is 11.5 Å². The lowest BCUT2D eigenvalue weighted by molar-refractivity contribution is -0.116. The lowest BCUT2D eigenvalue weighted by Gasteiger charge is -2.07. The van der Waals surface area contributed by atoms with Gasteiger partial charge in [-0.15, -0.1) is 0 Å². The van der Waals surface area contributed by atoms with E-state index in [4.69, 9.17) is 4.98 Å². The number of fused-ring (bicyclic) bond motifs is 1. The zero-order chi connectivity index (χ0) is 19.5. The first-order chi connectivity index (χ1) is 13.6. The molecule has 0 saturated carbocycles. The fourth-order valence-electron chi connectivity index (χ4n) is 3.22. The number of aromatic nitrogens is 2. The largest absolute Gasteiger partial charge is 0.326 e. The van der Waals surface area contributed by atoms with Crippen LogP contribution in [0.5, 0.6) is 0 Å². The van der Waals surface area contributed by atoms with E-state index >= 15 is 0 Å². The molecule has 1 amide bonds. The molecule has 0 saturated heterocycles. The number of hydrogen-bond acceptors (Lipinski definition) is 2. The molecular weight excluding hydrogens is 353 g/mol. The van der Waals surface area contributed by atoms with Crippen LogP contribution < -0.4 is 5.32 Å². The summed E-state index contributed by atoms with van der Waals surface area (Å²) in [5.41, 5.74) is 5.27. The Balaban J connectivity index is 1.58. The van der Waals surface area contributed by atoms with Crippen molar-refractivity contribution in [1.82, 2.24) is 9.38 Å². The first-order valence-electron chi connectivity index (χ1n) is 9.18. The molecule has 4 rings (SSSR count). The van der Waals surface area contributed by atoms with Crippen LogP contribution in [0.4, 0.5) is 10.1 Å². The minimum atomic E-state index is -0.286. The summed E-state index contributed by atoms with van der Waals surface area (Å²) in [5.74, 6) is -0.341. The number of imidazole rings is 1. The second kappa shape index (κ2) is 7.64. The summed E-state index contributed by atoms with van der Waals surface area (Å²) in [6.07, 6.45) is 2.78. The van der Waals surface area contributed by atoms with Gasteiger partial charge in [-0.05, 0) is 61.9 Å². The second-order valence-corrected chi connectivity index (χ2v) is 6.76. The van der Waals surface area contributed by atoms with Crippen molar-refractivity contribution in [2.75, 3.05) is 5.32 Å². The molecule has 0 aliphatic carbocycles. The highest BCUT2D eigenvalue weighted by Gasteiger charge is 2.15. The van der Waals surface area contributed by atoms with Gasteiger partial charge in [-0.25, -0.2) is 9.37 Å². The van der Waals surface area contributed by atoms with E-state index in [2.05, 4.69) is 5.32 Å². The molecule has 1 N–H and O–H groups in total. The van der Waals surface area contributed by atoms with Gasteiger partial charge in [-0.1, -0.05) is 23.8 Å². The Bertz CT molecular complexity index is 1120. The highest BCUT2D eigenvalue weighted by molar-refractivity contribution is 5.91. The van der Waals surface area contributed by atoms with Gasteiger partial charge in [0.2, 0.25) is 5.91 Å². The molecule has 4 aromatic rings. The molecule has 0 atom stereocenters. The van der Waals surface area contributed by atoms with Gasteiger partial charge in [0.05, 0.1) is 11.4 Å². The van der Waals surface area contributed by atoms with Crippen molar-refractivity contribution in [3.8, 4) is 11.3 Å². The molecule has 0 unspecified atom stereocenters. The summed E-state index contributed by atoms with van der Waals surface area (Å²) in [6, 6.07) is 19.8. The first kappa shape index (κ1) is 17.9. The normalized spacial score (nSPS) is 10.9. The minimum Gasteiger partial charge on any atom is -0.326 e. The number of halogens is 1. The first-order valence-corrected chi connectivity index (χ1v) is 9.18. The molecule has 0 aliphatic heterocycles. The Morgan fingerprint density at radius 3 is 2.54 bits per heavy atom. The molecule has 140 valence electrons. The Kier molecular flexibility index (Phi) is 4.89. The van der Waals surface area contributed by atoms with Crippen molar-refractivity contribution in [3.05, 3.63) is 90.0 Å². The summed E-state index contributed by atoms with van der Waals surface area (Å²) in [5, 5.41) is 2.93. The van der Waals surface area contributed by atoms with Crippen LogP contribution in [-0.2, 0) is 11.2 Å². The molecule has 2 aromatic heterocycles. The summed E-state index contributed by atoms with van der Waals surface area (Å²) >= 11 is 0. The van der Waals surface area contributed by atoms with Crippen LogP contribution in [0.25, 0.3) is 16.9 Å². The van der Waals surface area contributed by atoms with Crippen LogP contribution in [0.3, 0.4) is 0 Å². The number of anilines is 1. The molecule has 0 aliphatic rings. The van der Waals surface area contributed by atoms with Crippen molar-refractivity contribution < 1.29 is 9.18 Å². The third-order valence-corrected chi connectivity index (χ3v) is 4.67. The van der Waals surface area contributed by atoms with E-state index < -0.39 is 0 Å². The second-order valence-electron chi connectivity index (χ2n) is 6.76. The SMILES string of the molecule is Cc1ccc(NC(=O)CCc2c(-c3ccc(F)cc3)nc3ccccn23)cc1. The van der Waals surface area contributed by atoms with Gasteiger partial charge >= 0.3 is 0 Å². The number of aryl methyl sites for hydroxylation is 2. The lowest BCUT2D eigenvalue weighted by atomic mass is 10.1. The average molecular weight is 373 g/mol. The number of carbonyl (C=O) groups is 1. The zero-order valence-corrected chi connectivity index (χ0v) is 15.5. The number of rotatable bonds is 5. The molecule has 2 heterocycles. The average Bonchev–Trinajstić information content (AvgIpc) is 3.07. The minimum absolute atomic E-state index is 0.0557. The number of nitrogens with one attached hydrogen (secondary N) is 1. The van der Waals surface area contributed by atoms with Gasteiger partial charge in [0.25, 0.3) is 0 Å². The van der Waals surface area contributed by atoms with E-state index in [1.807, 2.05) is 60.0 Å². The van der Waals surface area contributed by atoms with Crippen molar-refractivity contribution in [1.29, 1.82) is 0 Å². The number of benzene rings is 2. The monoisotopic (exact) mass is 373 g/mol. The molecule has 0 radical (unpaired) electrons. The summed E-state index contributed by atoms with van der Waals surface area (Å²) in [4.78, 5) is 17.1. The fourth-order valence-corrected chi connectivity index (χ4v) is 3.22. The van der Waals surface area contributed by atoms with Crippen LogP contribution in [0, 0.1) is 12.7 Å². The Labute approximate surface area is 162 Å². The smallest absolute Gasteiger partial charge is 0.224 e. The van der Waals surface area contributed by atoms with Gasteiger partial charge in [0.15, 0.2) is 0 Å². The predicted molar refractivity (Wildman–Crippen MR) is 109 cm³/mol. The van der Waals surface area contributed by atoms with E-state index in [9.17, 15) is 9.18 Å². The van der Waals surface area contributed by atoms with Crippen molar-refractivity contribution in [2.45, 2.75) is 19.8 Å². The van der Waals surface area contributed by atoms with Crippen LogP contribution in [-0.4, -0.2) is 15.3 Å². The number of carbonyl (C=O) groups excluding carboxylic acids is 1. The Morgan fingerprint density at radius 2 is 1.79 bits per heavy atom. The third kappa shape index (κ3) is 3.78. The standard InChI is InChI=1S/C23H20FN3O/c1-16-5-11-19(12-6-16)25-22(28)14-13-20-23(17-7-9-18(24)10-8-17)26-21-4-2-3-15-27(20)21/h2-12,15H,13-14H2,1H3,(H,25,28). The fraction of sp³-hybridized carbons (Fsp3) is 0.130. The van der Waals surface area contributed by atoms with E-state index in [1.165, 1.54) is 12.1 Å². The molecule has 2 aromatic carbocycles. The lowest BCUT2D eigenvalue weighted by Crippen LogP contribution is -2.13. The molecule has 28 heavy (non-hydrogen) atoms. The van der Waals surface area contributed by atoms with Crippen LogP contribution in [0.15, 0.2) is 72.9 Å². The van der Waals surface area contributed by atoms with E-state index in [1.54, 1.807) is 12.1 Å². The zero-order valence-electron chi connectivity index (χ0n) is 15.5. The van der Waals surface area contributed by atoms with Gasteiger partial charge in [-0.3, -0.25) is 4.79 Å². The number of hydrogen-bond donors (Lipinski definition) is 1. The van der Waals surface area contributed by atoms with E-state index in [-0.39, 0.29) is 11.7 Å². The maximum absolute atomic E-state index is 13.3. The van der Waals surface area contributed by atoms with Crippen LogP contribution >= 0.6 is 0 Å². The summed E-state index contributed by atoms with van der Waals surface area (Å²) in [7, 11) is 0. The number of nitrogens with zero attached hydrogens (tertiary/aromatic N) is 2. The highest BCUT2D eigenvalue weighted by Crippen LogP contribution is 2.26. The predicted octanol–water partition coefficient (Wildman–Crippen LogP) is 5.02. The summed E-state index contributed by atoms with van der Waals surface area (Å²) in [6.45, 7) is 2.01. The van der Waals surface area contributed by atoms with Crippen molar-refractivity contribution in [3.63, 3.8) is 0 Å². The topological polar surface area (TPSA) is 46.4 Å². The van der Waals surface area contributed by atoms with Gasteiger partial charge in [0, 0.05) is 23.9 Å². The van der Waals surface area contributed by atoms with Crippen molar-refractivity contribution in [2.24, 2.45) is 0 Å². The molecule has 0 spiro atoms. The molecule has 0 bridgehead atoms. The van der Waals surface area contributed by atoms with Gasteiger partial charge in [-0.2, -0.15) is 0 Å². The Morgan fingerprint density at radius 1 is 1.04 bits per heavy atom. The third-order valence-electron chi connectivity index (χ3n) is 4.67. The molecular formula is C23H20FN3O. The summed E-state index contributed by atoms with van der Waals surface area (Å²) < 4.78 is 15.3. The van der Waals surface area contributed by atoms with Crippen LogP contribution in [0.2, 0.25) is 0 Å². The maximum atomic E-state index is 13.3. The molecule has 0 fully saturated rings. The van der Waals surface area contributed by atoms with Crippen LogP contribution in [0.1, 0.15) is 17.7 Å². The van der Waals surface area contributed by atoms with E-state index in [0.29, 0.717) is 12.8 Å².